The van der Waals surface area contributed by atoms with E-state index in [1.807, 2.05) is 18.2 Å². The molecule has 1 aromatic rings. The lowest BCUT2D eigenvalue weighted by molar-refractivity contribution is 0.0535. The molecular formula is C15H25NO2. The largest absolute Gasteiger partial charge is 0.493 e. The first-order valence-corrected chi connectivity index (χ1v) is 6.60. The van der Waals surface area contributed by atoms with Crippen LogP contribution in [0.25, 0.3) is 0 Å². The van der Waals surface area contributed by atoms with Crippen molar-refractivity contribution in [2.45, 2.75) is 45.1 Å². The monoisotopic (exact) mass is 251 g/mol. The molecule has 1 unspecified atom stereocenters. The van der Waals surface area contributed by atoms with E-state index in [2.05, 4.69) is 19.9 Å². The summed E-state index contributed by atoms with van der Waals surface area (Å²) in [4.78, 5) is 0. The molecule has 3 N–H and O–H groups in total. The molecule has 102 valence electrons. The van der Waals surface area contributed by atoms with Crippen molar-refractivity contribution in [3.8, 4) is 5.75 Å². The van der Waals surface area contributed by atoms with Gasteiger partial charge in [-0.05, 0) is 37.3 Å². The second kappa shape index (κ2) is 6.76. The van der Waals surface area contributed by atoms with Gasteiger partial charge < -0.3 is 15.6 Å². The molecule has 18 heavy (non-hydrogen) atoms. The lowest BCUT2D eigenvalue weighted by Crippen LogP contribution is -2.34. The van der Waals surface area contributed by atoms with Crippen molar-refractivity contribution in [1.29, 1.82) is 0 Å². The van der Waals surface area contributed by atoms with Crippen LogP contribution in [0, 0.1) is 0 Å². The van der Waals surface area contributed by atoms with Crippen LogP contribution in [0.4, 0.5) is 0 Å². The van der Waals surface area contributed by atoms with Gasteiger partial charge in [-0.25, -0.2) is 0 Å². The van der Waals surface area contributed by atoms with E-state index in [9.17, 15) is 5.11 Å². The zero-order valence-corrected chi connectivity index (χ0v) is 11.6. The van der Waals surface area contributed by atoms with Gasteiger partial charge in [-0.15, -0.1) is 0 Å². The first-order valence-electron chi connectivity index (χ1n) is 6.60. The maximum absolute atomic E-state index is 9.78. The zero-order chi connectivity index (χ0) is 13.6. The average molecular weight is 251 g/mol. The summed E-state index contributed by atoms with van der Waals surface area (Å²) in [6.45, 7) is 6.97. The van der Waals surface area contributed by atoms with E-state index in [0.29, 0.717) is 18.9 Å². The van der Waals surface area contributed by atoms with Gasteiger partial charge >= 0.3 is 0 Å². The molecule has 0 saturated carbocycles. The number of nitrogens with two attached hydrogens (primary N) is 1. The lowest BCUT2D eigenvalue weighted by atomic mass is 10.0. The molecule has 0 spiro atoms. The highest BCUT2D eigenvalue weighted by Crippen LogP contribution is 2.26. The molecule has 0 radical (unpaired) electrons. The molecule has 0 amide bonds. The smallest absolute Gasteiger partial charge is 0.122 e. The molecule has 0 aliphatic carbocycles. The molecule has 0 aliphatic rings. The minimum Gasteiger partial charge on any atom is -0.493 e. The highest BCUT2D eigenvalue weighted by Gasteiger charge is 2.17. The second-order valence-electron chi connectivity index (χ2n) is 5.35. The third-order valence-corrected chi connectivity index (χ3v) is 3.10. The third-order valence-electron chi connectivity index (χ3n) is 3.10. The Labute approximate surface area is 110 Å². The van der Waals surface area contributed by atoms with E-state index < -0.39 is 5.60 Å². The van der Waals surface area contributed by atoms with Crippen LogP contribution in [-0.4, -0.2) is 23.9 Å². The average Bonchev–Trinajstić information content (AvgIpc) is 2.35. The van der Waals surface area contributed by atoms with Crippen LogP contribution < -0.4 is 10.5 Å². The molecule has 0 bridgehead atoms. The van der Waals surface area contributed by atoms with Crippen molar-refractivity contribution in [2.24, 2.45) is 5.73 Å². The maximum atomic E-state index is 9.78. The van der Waals surface area contributed by atoms with Crippen molar-refractivity contribution in [1.82, 2.24) is 0 Å². The van der Waals surface area contributed by atoms with E-state index in [1.54, 1.807) is 6.92 Å². The molecule has 0 saturated heterocycles. The number of ether oxygens (including phenoxy) is 1. The minimum atomic E-state index is -0.777. The fourth-order valence-corrected chi connectivity index (χ4v) is 1.83. The third kappa shape index (κ3) is 4.67. The molecule has 0 aromatic heterocycles. The Balaban J connectivity index is 2.45. The first kappa shape index (κ1) is 15.0. The van der Waals surface area contributed by atoms with Gasteiger partial charge in [0, 0.05) is 6.54 Å². The summed E-state index contributed by atoms with van der Waals surface area (Å²) in [5.74, 6) is 1.40. The van der Waals surface area contributed by atoms with Gasteiger partial charge in [-0.1, -0.05) is 32.0 Å². The van der Waals surface area contributed by atoms with Gasteiger partial charge in [-0.2, -0.15) is 0 Å². The van der Waals surface area contributed by atoms with Gasteiger partial charge in [0.2, 0.25) is 0 Å². The molecule has 1 atom stereocenters. The lowest BCUT2D eigenvalue weighted by Gasteiger charge is -2.21. The van der Waals surface area contributed by atoms with Crippen molar-refractivity contribution in [3.05, 3.63) is 29.8 Å². The van der Waals surface area contributed by atoms with E-state index in [-0.39, 0.29) is 6.54 Å². The number of hydrogen-bond donors (Lipinski definition) is 2. The molecule has 0 fully saturated rings. The predicted octanol–water partition coefficient (Wildman–Crippen LogP) is 2.68. The molecular weight excluding hydrogens is 226 g/mol. The zero-order valence-electron chi connectivity index (χ0n) is 11.6. The van der Waals surface area contributed by atoms with Crippen molar-refractivity contribution < 1.29 is 9.84 Å². The van der Waals surface area contributed by atoms with E-state index in [0.717, 1.165) is 12.2 Å². The molecule has 1 rings (SSSR count). The van der Waals surface area contributed by atoms with Gasteiger partial charge in [-0.3, -0.25) is 0 Å². The van der Waals surface area contributed by atoms with Crippen LogP contribution in [0.2, 0.25) is 0 Å². The fraction of sp³-hybridized carbons (Fsp3) is 0.600. The molecule has 0 aliphatic heterocycles. The summed E-state index contributed by atoms with van der Waals surface area (Å²) in [5.41, 5.74) is 5.92. The summed E-state index contributed by atoms with van der Waals surface area (Å²) in [6.07, 6.45) is 1.46. The SMILES string of the molecule is CC(C)c1ccccc1OCCCC(C)(O)CN. The van der Waals surface area contributed by atoms with Crippen LogP contribution in [0.15, 0.2) is 24.3 Å². The van der Waals surface area contributed by atoms with Gasteiger partial charge in [0.05, 0.1) is 12.2 Å². The number of aliphatic hydroxyl groups is 1. The normalized spacial score (nSPS) is 14.6. The summed E-state index contributed by atoms with van der Waals surface area (Å²) in [7, 11) is 0. The highest BCUT2D eigenvalue weighted by atomic mass is 16.5. The Morgan fingerprint density at radius 3 is 2.61 bits per heavy atom. The van der Waals surface area contributed by atoms with Crippen LogP contribution >= 0.6 is 0 Å². The van der Waals surface area contributed by atoms with Crippen LogP contribution in [-0.2, 0) is 0 Å². The van der Waals surface area contributed by atoms with Crippen LogP contribution in [0.1, 0.15) is 45.1 Å². The van der Waals surface area contributed by atoms with Gasteiger partial charge in [0.15, 0.2) is 0 Å². The molecule has 0 heterocycles. The summed E-state index contributed by atoms with van der Waals surface area (Å²) >= 11 is 0. The fourth-order valence-electron chi connectivity index (χ4n) is 1.83. The Bertz CT molecular complexity index is 361. The van der Waals surface area contributed by atoms with E-state index in [4.69, 9.17) is 10.5 Å². The number of rotatable bonds is 7. The maximum Gasteiger partial charge on any atom is 0.122 e. The van der Waals surface area contributed by atoms with E-state index >= 15 is 0 Å². The summed E-state index contributed by atoms with van der Waals surface area (Å²) in [5, 5.41) is 9.78. The summed E-state index contributed by atoms with van der Waals surface area (Å²) in [6, 6.07) is 8.10. The first-order chi connectivity index (χ1) is 8.46. The number of benzene rings is 1. The van der Waals surface area contributed by atoms with E-state index in [1.165, 1.54) is 5.56 Å². The highest BCUT2D eigenvalue weighted by molar-refractivity contribution is 5.35. The second-order valence-corrected chi connectivity index (χ2v) is 5.35. The molecule has 3 heteroatoms. The van der Waals surface area contributed by atoms with Gasteiger partial charge in [0.25, 0.3) is 0 Å². The Kier molecular flexibility index (Phi) is 5.63. The predicted molar refractivity (Wildman–Crippen MR) is 74.9 cm³/mol. The Morgan fingerprint density at radius 1 is 1.33 bits per heavy atom. The quantitative estimate of drug-likeness (QED) is 0.733. The van der Waals surface area contributed by atoms with Crippen LogP contribution in [0.3, 0.4) is 0 Å². The summed E-state index contributed by atoms with van der Waals surface area (Å²) < 4.78 is 5.79. The standard InChI is InChI=1S/C15H25NO2/c1-12(2)13-7-4-5-8-14(13)18-10-6-9-15(3,17)11-16/h4-5,7-8,12,17H,6,9-11,16H2,1-3H3. The Hall–Kier alpha value is -1.06. The molecule has 1 aromatic carbocycles. The van der Waals surface area contributed by atoms with Crippen LogP contribution in [0.5, 0.6) is 5.75 Å². The molecule has 3 nitrogen and oxygen atoms in total. The van der Waals surface area contributed by atoms with Crippen molar-refractivity contribution in [2.75, 3.05) is 13.2 Å². The minimum absolute atomic E-state index is 0.287. The Morgan fingerprint density at radius 2 is 2.00 bits per heavy atom. The van der Waals surface area contributed by atoms with Gasteiger partial charge in [0.1, 0.15) is 5.75 Å². The number of hydrogen-bond acceptors (Lipinski definition) is 3. The van der Waals surface area contributed by atoms with Crippen molar-refractivity contribution in [3.63, 3.8) is 0 Å². The topological polar surface area (TPSA) is 55.5 Å². The number of para-hydroxylation sites is 1. The van der Waals surface area contributed by atoms with Crippen molar-refractivity contribution >= 4 is 0 Å².